The first-order valence-corrected chi connectivity index (χ1v) is 11.3. The van der Waals surface area contributed by atoms with Gasteiger partial charge in [0.1, 0.15) is 5.82 Å². The van der Waals surface area contributed by atoms with Gasteiger partial charge in [-0.3, -0.25) is 4.79 Å². The molecule has 0 radical (unpaired) electrons. The number of amides is 1. The molecule has 0 saturated carbocycles. The van der Waals surface area contributed by atoms with Gasteiger partial charge in [0.25, 0.3) is 5.91 Å². The summed E-state index contributed by atoms with van der Waals surface area (Å²) < 4.78 is 52.6. The lowest BCUT2D eigenvalue weighted by Gasteiger charge is -2.35. The van der Waals surface area contributed by atoms with Crippen molar-refractivity contribution in [3.05, 3.63) is 64.3 Å². The summed E-state index contributed by atoms with van der Waals surface area (Å²) >= 11 is 1.40. The van der Waals surface area contributed by atoms with Crippen LogP contribution in [-0.2, 0) is 11.0 Å². The van der Waals surface area contributed by atoms with Crippen LogP contribution in [0.1, 0.15) is 11.1 Å². The molecule has 2 saturated heterocycles. The van der Waals surface area contributed by atoms with Gasteiger partial charge in [-0.05, 0) is 61.2 Å². The molecule has 4 rings (SSSR count). The molecule has 0 aromatic heterocycles. The number of halogens is 4. The Kier molecular flexibility index (Phi) is 6.48. The van der Waals surface area contributed by atoms with Crippen LogP contribution in [-0.4, -0.2) is 56.3 Å². The Morgan fingerprint density at radius 3 is 2.31 bits per heavy atom. The van der Waals surface area contributed by atoms with E-state index in [2.05, 4.69) is 9.80 Å². The van der Waals surface area contributed by atoms with E-state index in [1.807, 2.05) is 7.05 Å². The summed E-state index contributed by atoms with van der Waals surface area (Å²) in [7, 11) is 2.04. The molecule has 4 nitrogen and oxygen atoms in total. The minimum Gasteiger partial charge on any atom is -0.368 e. The number of piperazine rings is 1. The van der Waals surface area contributed by atoms with Gasteiger partial charge in [0.2, 0.25) is 0 Å². The number of thioether (sulfide) groups is 1. The Labute approximate surface area is 188 Å². The van der Waals surface area contributed by atoms with E-state index in [0.29, 0.717) is 22.9 Å². The lowest BCUT2D eigenvalue weighted by molar-refractivity contribution is -0.137. The number of rotatable bonds is 3. The highest BCUT2D eigenvalue weighted by atomic mass is 32.2. The lowest BCUT2D eigenvalue weighted by atomic mass is 10.1. The van der Waals surface area contributed by atoms with E-state index in [-0.39, 0.29) is 11.7 Å². The van der Waals surface area contributed by atoms with Crippen LogP contribution in [0, 0.1) is 5.82 Å². The van der Waals surface area contributed by atoms with Crippen molar-refractivity contribution >= 4 is 35.1 Å². The van der Waals surface area contributed by atoms with Crippen LogP contribution in [0.5, 0.6) is 0 Å². The second kappa shape index (κ2) is 9.15. The van der Waals surface area contributed by atoms with E-state index < -0.39 is 11.7 Å². The number of carbonyl (C=O) groups is 1. The van der Waals surface area contributed by atoms with Crippen LogP contribution < -0.4 is 9.80 Å². The van der Waals surface area contributed by atoms with Gasteiger partial charge in [-0.15, -0.1) is 11.8 Å². The van der Waals surface area contributed by atoms with Crippen LogP contribution in [0.3, 0.4) is 0 Å². The van der Waals surface area contributed by atoms with E-state index in [4.69, 9.17) is 0 Å². The van der Waals surface area contributed by atoms with Crippen LogP contribution in [0.2, 0.25) is 0 Å². The molecule has 2 fully saturated rings. The van der Waals surface area contributed by atoms with E-state index in [0.717, 1.165) is 49.6 Å². The fraction of sp³-hybridized carbons (Fsp3) is 0.348. The van der Waals surface area contributed by atoms with E-state index in [1.165, 1.54) is 40.9 Å². The highest BCUT2D eigenvalue weighted by Gasteiger charge is 2.31. The Morgan fingerprint density at radius 2 is 1.66 bits per heavy atom. The zero-order valence-electron chi connectivity index (χ0n) is 17.5. The molecular weight excluding hydrogens is 442 g/mol. The van der Waals surface area contributed by atoms with Gasteiger partial charge < -0.3 is 14.7 Å². The van der Waals surface area contributed by atoms with Crippen molar-refractivity contribution in [1.29, 1.82) is 0 Å². The highest BCUT2D eigenvalue weighted by molar-refractivity contribution is 8.04. The van der Waals surface area contributed by atoms with Crippen molar-refractivity contribution in [2.45, 2.75) is 6.18 Å². The van der Waals surface area contributed by atoms with Gasteiger partial charge in [0, 0.05) is 49.9 Å². The molecule has 0 unspecified atom stereocenters. The second-order valence-electron chi connectivity index (χ2n) is 7.85. The molecule has 170 valence electrons. The van der Waals surface area contributed by atoms with E-state index in [9.17, 15) is 22.4 Å². The Balaban J connectivity index is 1.60. The van der Waals surface area contributed by atoms with Crippen molar-refractivity contribution in [2.24, 2.45) is 0 Å². The minimum atomic E-state index is -4.42. The van der Waals surface area contributed by atoms with Crippen LogP contribution >= 0.6 is 11.8 Å². The largest absolute Gasteiger partial charge is 0.416 e. The van der Waals surface area contributed by atoms with Crippen LogP contribution in [0.4, 0.5) is 28.9 Å². The number of nitrogens with zero attached hydrogens (tertiary/aromatic N) is 3. The number of hydrogen-bond acceptors (Lipinski definition) is 4. The van der Waals surface area contributed by atoms with E-state index >= 15 is 0 Å². The van der Waals surface area contributed by atoms with Gasteiger partial charge in [-0.25, -0.2) is 4.39 Å². The number of carbonyl (C=O) groups excluding carboxylic acids is 1. The normalized spacial score (nSPS) is 19.7. The summed E-state index contributed by atoms with van der Waals surface area (Å²) in [5.41, 5.74) is 1.17. The fourth-order valence-electron chi connectivity index (χ4n) is 3.82. The van der Waals surface area contributed by atoms with Gasteiger partial charge >= 0.3 is 6.18 Å². The standard InChI is InChI=1S/C23H23F4N3OS/c1-28-8-10-29(11-9-28)20-15-18(24)5-2-16(20)14-21-22(31)30(12-13-32-21)19-6-3-17(4-7-19)23(25,26)27/h2-7,14-15H,8-13H2,1H3. The van der Waals surface area contributed by atoms with Gasteiger partial charge in [-0.1, -0.05) is 0 Å². The summed E-state index contributed by atoms with van der Waals surface area (Å²) in [6, 6.07) is 9.14. The molecule has 2 aromatic carbocycles. The number of alkyl halides is 3. The SMILES string of the molecule is CN1CCN(c2cc(F)ccc2C=C2SCCN(c3ccc(C(F)(F)F)cc3)C2=O)CC1. The Bertz CT molecular complexity index is 1010. The van der Waals surface area contributed by atoms with Crippen molar-refractivity contribution in [3.63, 3.8) is 0 Å². The van der Waals surface area contributed by atoms with Gasteiger partial charge in [0.05, 0.1) is 10.5 Å². The van der Waals surface area contributed by atoms with Gasteiger partial charge in [0.15, 0.2) is 0 Å². The molecule has 0 N–H and O–H groups in total. The average Bonchev–Trinajstić information content (AvgIpc) is 2.76. The van der Waals surface area contributed by atoms with Crippen molar-refractivity contribution in [1.82, 2.24) is 4.90 Å². The maximum atomic E-state index is 14.0. The molecule has 1 amide bonds. The monoisotopic (exact) mass is 465 g/mol. The van der Waals surface area contributed by atoms with Crippen LogP contribution in [0.15, 0.2) is 47.4 Å². The predicted molar refractivity (Wildman–Crippen MR) is 120 cm³/mol. The average molecular weight is 466 g/mol. The predicted octanol–water partition coefficient (Wildman–Crippen LogP) is 4.72. The number of anilines is 2. The third-order valence-electron chi connectivity index (χ3n) is 5.66. The zero-order valence-corrected chi connectivity index (χ0v) is 18.3. The lowest BCUT2D eigenvalue weighted by Crippen LogP contribution is -2.44. The number of hydrogen-bond donors (Lipinski definition) is 0. The molecule has 2 aliphatic rings. The summed E-state index contributed by atoms with van der Waals surface area (Å²) in [6.45, 7) is 3.65. The van der Waals surface area contributed by atoms with Crippen molar-refractivity contribution < 1.29 is 22.4 Å². The topological polar surface area (TPSA) is 26.8 Å². The smallest absolute Gasteiger partial charge is 0.368 e. The number of likely N-dealkylation sites (N-methyl/N-ethyl adjacent to an activating group) is 1. The van der Waals surface area contributed by atoms with Crippen molar-refractivity contribution in [2.75, 3.05) is 55.3 Å². The summed E-state index contributed by atoms with van der Waals surface area (Å²) in [5.74, 6) is 0.00800. The Hall–Kier alpha value is -2.52. The van der Waals surface area contributed by atoms with Crippen LogP contribution in [0.25, 0.3) is 6.08 Å². The summed E-state index contributed by atoms with van der Waals surface area (Å²) in [4.78, 5) is 19.4. The van der Waals surface area contributed by atoms with E-state index in [1.54, 1.807) is 12.1 Å². The molecule has 2 aromatic rings. The summed E-state index contributed by atoms with van der Waals surface area (Å²) in [5, 5.41) is 0. The number of benzene rings is 2. The molecule has 2 heterocycles. The summed E-state index contributed by atoms with van der Waals surface area (Å²) in [6.07, 6.45) is -2.66. The molecule has 9 heteroatoms. The van der Waals surface area contributed by atoms with Crippen molar-refractivity contribution in [3.8, 4) is 0 Å². The quantitative estimate of drug-likeness (QED) is 0.484. The molecule has 0 aliphatic carbocycles. The first kappa shape index (κ1) is 22.7. The Morgan fingerprint density at radius 1 is 0.969 bits per heavy atom. The minimum absolute atomic E-state index is 0.269. The third kappa shape index (κ3) is 4.94. The third-order valence-corrected chi connectivity index (χ3v) is 6.65. The zero-order chi connectivity index (χ0) is 22.9. The molecular formula is C23H23F4N3OS. The molecule has 0 spiro atoms. The maximum absolute atomic E-state index is 14.0. The first-order chi connectivity index (χ1) is 15.2. The molecule has 0 bridgehead atoms. The van der Waals surface area contributed by atoms with Gasteiger partial charge in [-0.2, -0.15) is 13.2 Å². The molecule has 2 aliphatic heterocycles. The fourth-order valence-corrected chi connectivity index (χ4v) is 4.76. The maximum Gasteiger partial charge on any atom is 0.416 e. The second-order valence-corrected chi connectivity index (χ2v) is 8.99. The molecule has 0 atom stereocenters. The highest BCUT2D eigenvalue weighted by Crippen LogP contribution is 2.34. The first-order valence-electron chi connectivity index (χ1n) is 10.3. The molecule has 32 heavy (non-hydrogen) atoms.